The van der Waals surface area contributed by atoms with Gasteiger partial charge >= 0.3 is 0 Å². The normalized spacial score (nSPS) is 14.0. The number of rotatable bonds is 8. The second-order valence-corrected chi connectivity index (χ2v) is 6.06. The summed E-state index contributed by atoms with van der Waals surface area (Å²) >= 11 is 0. The molecular weight excluding hydrogens is 280 g/mol. The topological polar surface area (TPSA) is 62.6 Å². The number of carbonyl (C=O) groups excluding carboxylic acids is 2. The zero-order valence-corrected chi connectivity index (χ0v) is 13.8. The quantitative estimate of drug-likeness (QED) is 0.803. The van der Waals surface area contributed by atoms with Gasteiger partial charge in [-0.15, -0.1) is 0 Å². The first-order valence-corrected chi connectivity index (χ1v) is 8.17. The van der Waals surface area contributed by atoms with Crippen LogP contribution in [0.15, 0.2) is 10.5 Å². The van der Waals surface area contributed by atoms with Gasteiger partial charge in [-0.1, -0.05) is 13.3 Å². The van der Waals surface area contributed by atoms with Crippen molar-refractivity contribution in [2.24, 2.45) is 0 Å². The van der Waals surface area contributed by atoms with E-state index in [2.05, 4.69) is 12.2 Å². The van der Waals surface area contributed by atoms with Crippen LogP contribution in [0.5, 0.6) is 0 Å². The molecule has 5 nitrogen and oxygen atoms in total. The van der Waals surface area contributed by atoms with Gasteiger partial charge in [-0.25, -0.2) is 0 Å². The first-order valence-electron chi connectivity index (χ1n) is 8.17. The Morgan fingerprint density at radius 2 is 2.05 bits per heavy atom. The second-order valence-electron chi connectivity index (χ2n) is 6.06. The Kier molecular flexibility index (Phi) is 5.63. The minimum atomic E-state index is -0.0398. The second kappa shape index (κ2) is 7.47. The maximum atomic E-state index is 12.7. The van der Waals surface area contributed by atoms with E-state index in [1.54, 1.807) is 17.9 Å². The summed E-state index contributed by atoms with van der Waals surface area (Å²) in [5, 5.41) is 2.96. The average Bonchev–Trinajstić information content (AvgIpc) is 3.21. The van der Waals surface area contributed by atoms with E-state index in [1.165, 1.54) is 0 Å². The predicted octanol–water partition coefficient (Wildman–Crippen LogP) is 2.81. The molecule has 0 atom stereocenters. The van der Waals surface area contributed by atoms with Gasteiger partial charge in [0.05, 0.1) is 5.56 Å². The molecule has 2 amide bonds. The molecule has 22 heavy (non-hydrogen) atoms. The van der Waals surface area contributed by atoms with Crippen molar-refractivity contribution in [3.05, 3.63) is 23.2 Å². The van der Waals surface area contributed by atoms with Crippen LogP contribution in [-0.4, -0.2) is 35.8 Å². The van der Waals surface area contributed by atoms with E-state index in [4.69, 9.17) is 4.42 Å². The molecule has 2 rings (SSSR count). The van der Waals surface area contributed by atoms with Crippen LogP contribution in [0, 0.1) is 13.8 Å². The highest BCUT2D eigenvalue weighted by atomic mass is 16.3. The molecule has 0 spiro atoms. The monoisotopic (exact) mass is 306 g/mol. The van der Waals surface area contributed by atoms with Crippen molar-refractivity contribution in [3.63, 3.8) is 0 Å². The van der Waals surface area contributed by atoms with Crippen LogP contribution in [0.1, 0.15) is 60.9 Å². The maximum Gasteiger partial charge on any atom is 0.257 e. The van der Waals surface area contributed by atoms with Crippen molar-refractivity contribution in [2.75, 3.05) is 13.1 Å². The number of hydrogen-bond donors (Lipinski definition) is 1. The van der Waals surface area contributed by atoms with Crippen molar-refractivity contribution >= 4 is 11.8 Å². The fraction of sp³-hybridized carbons (Fsp3) is 0.647. The Bertz CT molecular complexity index is 532. The average molecular weight is 306 g/mol. The Morgan fingerprint density at radius 1 is 1.32 bits per heavy atom. The highest BCUT2D eigenvalue weighted by Gasteiger charge is 2.24. The summed E-state index contributed by atoms with van der Waals surface area (Å²) < 4.78 is 5.45. The van der Waals surface area contributed by atoms with Gasteiger partial charge in [-0.2, -0.15) is 0 Å². The third-order valence-corrected chi connectivity index (χ3v) is 3.89. The third-order valence-electron chi connectivity index (χ3n) is 3.89. The lowest BCUT2D eigenvalue weighted by molar-refractivity contribution is -0.121. The fourth-order valence-electron chi connectivity index (χ4n) is 2.44. The summed E-state index contributed by atoms with van der Waals surface area (Å²) in [5.41, 5.74) is 0.608. The van der Waals surface area contributed by atoms with Crippen molar-refractivity contribution in [3.8, 4) is 0 Å². The van der Waals surface area contributed by atoms with Crippen molar-refractivity contribution in [1.82, 2.24) is 10.2 Å². The van der Waals surface area contributed by atoms with E-state index in [0.29, 0.717) is 36.9 Å². The Morgan fingerprint density at radius 3 is 2.59 bits per heavy atom. The lowest BCUT2D eigenvalue weighted by Gasteiger charge is -2.22. The summed E-state index contributed by atoms with van der Waals surface area (Å²) in [7, 11) is 0. The van der Waals surface area contributed by atoms with Crippen molar-refractivity contribution in [2.45, 2.75) is 58.9 Å². The zero-order chi connectivity index (χ0) is 16.1. The molecule has 1 aromatic rings. The number of hydrogen-bond acceptors (Lipinski definition) is 3. The number of amides is 2. The molecule has 1 saturated carbocycles. The number of furan rings is 1. The van der Waals surface area contributed by atoms with Gasteiger partial charge < -0.3 is 14.6 Å². The van der Waals surface area contributed by atoms with E-state index in [1.807, 2.05) is 6.92 Å². The lowest BCUT2D eigenvalue weighted by Crippen LogP contribution is -2.36. The Hall–Kier alpha value is -1.78. The van der Waals surface area contributed by atoms with Gasteiger partial charge in [0.2, 0.25) is 5.91 Å². The van der Waals surface area contributed by atoms with Gasteiger partial charge in [0.1, 0.15) is 11.5 Å². The molecule has 1 aliphatic carbocycles. The van der Waals surface area contributed by atoms with Gasteiger partial charge in [0.25, 0.3) is 5.91 Å². The SMILES string of the molecule is CCCCN(CCC(=O)NC1CC1)C(=O)c1cc(C)oc1C. The smallest absolute Gasteiger partial charge is 0.257 e. The van der Waals surface area contributed by atoms with E-state index >= 15 is 0 Å². The molecule has 1 N–H and O–H groups in total. The highest BCUT2D eigenvalue weighted by Crippen LogP contribution is 2.19. The molecule has 1 aromatic heterocycles. The van der Waals surface area contributed by atoms with Crippen molar-refractivity contribution < 1.29 is 14.0 Å². The van der Waals surface area contributed by atoms with Gasteiger partial charge in [-0.3, -0.25) is 9.59 Å². The van der Waals surface area contributed by atoms with Gasteiger partial charge in [0.15, 0.2) is 0 Å². The van der Waals surface area contributed by atoms with E-state index in [-0.39, 0.29) is 11.8 Å². The fourth-order valence-corrected chi connectivity index (χ4v) is 2.44. The number of unbranched alkanes of at least 4 members (excludes halogenated alkanes) is 1. The molecule has 0 aromatic carbocycles. The molecule has 1 fully saturated rings. The van der Waals surface area contributed by atoms with Crippen LogP contribution in [0.2, 0.25) is 0 Å². The Balaban J connectivity index is 1.96. The summed E-state index contributed by atoms with van der Waals surface area (Å²) in [6, 6.07) is 2.15. The maximum absolute atomic E-state index is 12.7. The van der Waals surface area contributed by atoms with Gasteiger partial charge in [-0.05, 0) is 39.2 Å². The number of nitrogens with one attached hydrogen (secondary N) is 1. The molecule has 0 radical (unpaired) electrons. The summed E-state index contributed by atoms with van der Waals surface area (Å²) in [6.45, 7) is 6.87. The predicted molar refractivity (Wildman–Crippen MR) is 84.8 cm³/mol. The lowest BCUT2D eigenvalue weighted by atomic mass is 10.2. The molecule has 1 heterocycles. The summed E-state index contributed by atoms with van der Waals surface area (Å²) in [5.74, 6) is 1.38. The first-order chi connectivity index (χ1) is 10.5. The van der Waals surface area contributed by atoms with E-state index < -0.39 is 0 Å². The highest BCUT2D eigenvalue weighted by molar-refractivity contribution is 5.95. The third kappa shape index (κ3) is 4.61. The number of aryl methyl sites for hydroxylation is 2. The summed E-state index contributed by atoms with van der Waals surface area (Å²) in [4.78, 5) is 26.3. The first kappa shape index (κ1) is 16.6. The largest absolute Gasteiger partial charge is 0.466 e. The number of nitrogens with zero attached hydrogens (tertiary/aromatic N) is 1. The summed E-state index contributed by atoms with van der Waals surface area (Å²) in [6.07, 6.45) is 4.48. The minimum Gasteiger partial charge on any atom is -0.466 e. The van der Waals surface area contributed by atoms with Crippen LogP contribution < -0.4 is 5.32 Å². The Labute approximate surface area is 132 Å². The molecule has 0 unspecified atom stereocenters. The molecule has 5 heteroatoms. The molecular formula is C17H26N2O3. The molecule has 122 valence electrons. The van der Waals surface area contributed by atoms with Crippen LogP contribution in [-0.2, 0) is 4.79 Å². The minimum absolute atomic E-state index is 0.0388. The number of carbonyl (C=O) groups is 2. The van der Waals surface area contributed by atoms with Crippen LogP contribution in [0.25, 0.3) is 0 Å². The van der Waals surface area contributed by atoms with E-state index in [0.717, 1.165) is 31.4 Å². The molecule has 0 aliphatic heterocycles. The molecule has 1 aliphatic rings. The standard InChI is InChI=1S/C17H26N2O3/c1-4-5-9-19(10-8-16(20)18-14-6-7-14)17(21)15-11-12(2)22-13(15)3/h11,14H,4-10H2,1-3H3,(H,18,20). The molecule has 0 saturated heterocycles. The molecule has 0 bridgehead atoms. The zero-order valence-electron chi connectivity index (χ0n) is 13.8. The van der Waals surface area contributed by atoms with Gasteiger partial charge in [0, 0.05) is 25.6 Å². The van der Waals surface area contributed by atoms with Crippen molar-refractivity contribution in [1.29, 1.82) is 0 Å². The van der Waals surface area contributed by atoms with Crippen LogP contribution in [0.4, 0.5) is 0 Å². The van der Waals surface area contributed by atoms with Crippen LogP contribution >= 0.6 is 0 Å². The van der Waals surface area contributed by atoms with E-state index in [9.17, 15) is 9.59 Å². The van der Waals surface area contributed by atoms with Crippen LogP contribution in [0.3, 0.4) is 0 Å².